The fourth-order valence-corrected chi connectivity index (χ4v) is 3.99. The number of esters is 1. The molecule has 28 heavy (non-hydrogen) atoms. The molecule has 0 spiro atoms. The van der Waals surface area contributed by atoms with Gasteiger partial charge in [-0.3, -0.25) is 9.59 Å². The maximum Gasteiger partial charge on any atom is 0.323 e. The second-order valence-electron chi connectivity index (χ2n) is 6.37. The van der Waals surface area contributed by atoms with Crippen molar-refractivity contribution in [2.75, 3.05) is 20.2 Å². The van der Waals surface area contributed by atoms with Crippen molar-refractivity contribution in [2.24, 2.45) is 7.05 Å². The molecular weight excluding hydrogens is 380 g/mol. The van der Waals surface area contributed by atoms with Gasteiger partial charge < -0.3 is 19.7 Å². The number of aliphatic carboxylic acids is 1. The Morgan fingerprint density at radius 3 is 2.43 bits per heavy atom. The molecule has 0 bridgehead atoms. The summed E-state index contributed by atoms with van der Waals surface area (Å²) in [5.41, 5.74) is 0.903. The van der Waals surface area contributed by atoms with Gasteiger partial charge in [0.25, 0.3) is 5.97 Å². The molecule has 1 unspecified atom stereocenters. The summed E-state index contributed by atoms with van der Waals surface area (Å²) in [6.45, 7) is 3.10. The third kappa shape index (κ3) is 6.07. The molecule has 2 heterocycles. The Morgan fingerprint density at radius 2 is 1.86 bits per heavy atom. The summed E-state index contributed by atoms with van der Waals surface area (Å²) in [4.78, 5) is 21.2. The zero-order valence-electron chi connectivity index (χ0n) is 16.3. The largest absolute Gasteiger partial charge is 0.481 e. The highest BCUT2D eigenvalue weighted by Gasteiger charge is 2.27. The third-order valence-corrected chi connectivity index (χ3v) is 5.58. The van der Waals surface area contributed by atoms with Crippen molar-refractivity contribution in [1.82, 2.24) is 20.1 Å². The average molecular weight is 407 g/mol. The average Bonchev–Trinajstić information content (AvgIpc) is 3.06. The van der Waals surface area contributed by atoms with E-state index in [1.54, 1.807) is 0 Å². The van der Waals surface area contributed by atoms with Crippen LogP contribution in [-0.4, -0.2) is 52.0 Å². The van der Waals surface area contributed by atoms with Gasteiger partial charge in [0.05, 0.1) is 7.11 Å². The predicted octanol–water partition coefficient (Wildman–Crippen LogP) is 2.38. The lowest BCUT2D eigenvalue weighted by molar-refractivity contribution is -0.140. The van der Waals surface area contributed by atoms with Crippen molar-refractivity contribution >= 4 is 23.7 Å². The number of thioether (sulfide) groups is 1. The van der Waals surface area contributed by atoms with E-state index < -0.39 is 11.2 Å². The summed E-state index contributed by atoms with van der Waals surface area (Å²) in [6.07, 6.45) is 2.13. The summed E-state index contributed by atoms with van der Waals surface area (Å²) in [6, 6.07) is 9.63. The van der Waals surface area contributed by atoms with Crippen molar-refractivity contribution in [3.05, 3.63) is 41.7 Å². The fraction of sp³-hybridized carbons (Fsp3) is 0.474. The SMILES string of the molecule is CC(=O)O.COC(=O)C(Sc1nnc(C2CCNCC2)n1C)c1ccccc1. The zero-order chi connectivity index (χ0) is 20.5. The van der Waals surface area contributed by atoms with Gasteiger partial charge in [0.15, 0.2) is 5.16 Å². The molecule has 8 nitrogen and oxygen atoms in total. The minimum atomic E-state index is -0.833. The number of carboxylic acids is 1. The van der Waals surface area contributed by atoms with Crippen molar-refractivity contribution in [3.63, 3.8) is 0 Å². The molecule has 0 amide bonds. The minimum absolute atomic E-state index is 0.280. The number of hydrogen-bond donors (Lipinski definition) is 2. The Kier molecular flexibility index (Phi) is 8.46. The molecule has 0 aliphatic carbocycles. The van der Waals surface area contributed by atoms with Crippen LogP contribution in [-0.2, 0) is 21.4 Å². The second-order valence-corrected chi connectivity index (χ2v) is 7.45. The molecule has 2 aromatic rings. The molecule has 1 fully saturated rings. The highest BCUT2D eigenvalue weighted by molar-refractivity contribution is 8.00. The molecule has 0 radical (unpaired) electrons. The van der Waals surface area contributed by atoms with E-state index in [-0.39, 0.29) is 5.97 Å². The van der Waals surface area contributed by atoms with E-state index in [0.717, 1.165) is 49.4 Å². The maximum absolute atomic E-state index is 12.2. The topological polar surface area (TPSA) is 106 Å². The van der Waals surface area contributed by atoms with Crippen LogP contribution in [0, 0.1) is 0 Å². The quantitative estimate of drug-likeness (QED) is 0.576. The summed E-state index contributed by atoms with van der Waals surface area (Å²) < 4.78 is 6.99. The van der Waals surface area contributed by atoms with Gasteiger partial charge in [0.2, 0.25) is 0 Å². The molecule has 3 rings (SSSR count). The number of carboxylic acid groups (broad SMARTS) is 1. The number of aromatic nitrogens is 3. The fourth-order valence-electron chi connectivity index (χ4n) is 2.96. The van der Waals surface area contributed by atoms with Crippen LogP contribution in [0.1, 0.15) is 42.3 Å². The number of nitrogens with one attached hydrogen (secondary N) is 1. The van der Waals surface area contributed by atoms with E-state index in [2.05, 4.69) is 15.5 Å². The number of hydrogen-bond acceptors (Lipinski definition) is 7. The molecule has 1 aliphatic rings. The van der Waals surface area contributed by atoms with Crippen molar-refractivity contribution < 1.29 is 19.4 Å². The lowest BCUT2D eigenvalue weighted by Gasteiger charge is -2.21. The van der Waals surface area contributed by atoms with Crippen molar-refractivity contribution in [3.8, 4) is 0 Å². The van der Waals surface area contributed by atoms with Gasteiger partial charge in [0, 0.05) is 19.9 Å². The van der Waals surface area contributed by atoms with E-state index in [9.17, 15) is 4.79 Å². The number of piperidine rings is 1. The van der Waals surface area contributed by atoms with Gasteiger partial charge in [-0.15, -0.1) is 10.2 Å². The first kappa shape index (κ1) is 21.9. The number of nitrogens with zero attached hydrogens (tertiary/aromatic N) is 3. The Balaban J connectivity index is 0.000000640. The smallest absolute Gasteiger partial charge is 0.323 e. The third-order valence-electron chi connectivity index (χ3n) is 4.31. The Morgan fingerprint density at radius 1 is 1.25 bits per heavy atom. The Labute approximate surface area is 168 Å². The maximum atomic E-state index is 12.2. The minimum Gasteiger partial charge on any atom is -0.481 e. The number of rotatable bonds is 5. The van der Waals surface area contributed by atoms with E-state index in [1.807, 2.05) is 41.9 Å². The number of benzene rings is 1. The molecule has 1 saturated heterocycles. The standard InChI is InChI=1S/C17H22N4O2S.C2H4O2/c1-21-15(13-8-10-18-11-9-13)19-20-17(21)24-14(16(22)23-2)12-6-4-3-5-7-12;1-2(3)4/h3-7,13-14,18H,8-11H2,1-2H3;1H3,(H,3,4). The van der Waals surface area contributed by atoms with Crippen LogP contribution in [0.2, 0.25) is 0 Å². The first-order chi connectivity index (χ1) is 13.4. The molecular formula is C19H26N4O4S. The van der Waals surface area contributed by atoms with Crippen molar-refractivity contribution in [1.29, 1.82) is 0 Å². The van der Waals surface area contributed by atoms with Gasteiger partial charge in [0.1, 0.15) is 11.1 Å². The first-order valence-electron chi connectivity index (χ1n) is 9.03. The normalized spacial score (nSPS) is 15.2. The highest BCUT2D eigenvalue weighted by atomic mass is 32.2. The summed E-state index contributed by atoms with van der Waals surface area (Å²) >= 11 is 1.39. The van der Waals surface area contributed by atoms with Gasteiger partial charge in [-0.25, -0.2) is 0 Å². The molecule has 1 aromatic carbocycles. The van der Waals surface area contributed by atoms with Gasteiger partial charge in [-0.2, -0.15) is 0 Å². The molecule has 152 valence electrons. The second kappa shape index (κ2) is 10.8. The molecule has 9 heteroatoms. The molecule has 1 aliphatic heterocycles. The summed E-state index contributed by atoms with van der Waals surface area (Å²) in [5, 5.41) is 19.8. The van der Waals surface area contributed by atoms with Crippen LogP contribution < -0.4 is 5.32 Å². The number of methoxy groups -OCH3 is 1. The predicted molar refractivity (Wildman–Crippen MR) is 106 cm³/mol. The monoisotopic (exact) mass is 406 g/mol. The summed E-state index contributed by atoms with van der Waals surface area (Å²) in [5.74, 6) is 0.305. The Hall–Kier alpha value is -2.39. The van der Waals surface area contributed by atoms with Gasteiger partial charge in [-0.05, 0) is 31.5 Å². The molecule has 1 atom stereocenters. The van der Waals surface area contributed by atoms with Crippen LogP contribution in [0.25, 0.3) is 0 Å². The van der Waals surface area contributed by atoms with E-state index in [1.165, 1.54) is 18.9 Å². The number of ether oxygens (including phenoxy) is 1. The number of carbonyl (C=O) groups excluding carboxylic acids is 1. The summed E-state index contributed by atoms with van der Waals surface area (Å²) in [7, 11) is 3.38. The van der Waals surface area contributed by atoms with Gasteiger partial charge >= 0.3 is 5.97 Å². The molecule has 2 N–H and O–H groups in total. The van der Waals surface area contributed by atoms with Crippen LogP contribution in [0.4, 0.5) is 0 Å². The molecule has 1 aromatic heterocycles. The van der Waals surface area contributed by atoms with Crippen LogP contribution in [0.15, 0.2) is 35.5 Å². The lowest BCUT2D eigenvalue weighted by Crippen LogP contribution is -2.27. The van der Waals surface area contributed by atoms with Gasteiger partial charge in [-0.1, -0.05) is 42.1 Å². The van der Waals surface area contributed by atoms with Crippen LogP contribution in [0.5, 0.6) is 0 Å². The Bertz CT molecular complexity index is 771. The first-order valence-corrected chi connectivity index (χ1v) is 9.91. The molecule has 0 saturated carbocycles. The lowest BCUT2D eigenvalue weighted by atomic mass is 9.97. The van der Waals surface area contributed by atoms with Crippen molar-refractivity contribution in [2.45, 2.75) is 36.1 Å². The number of carbonyl (C=O) groups is 2. The van der Waals surface area contributed by atoms with E-state index in [0.29, 0.717) is 5.92 Å². The van der Waals surface area contributed by atoms with E-state index in [4.69, 9.17) is 14.6 Å². The van der Waals surface area contributed by atoms with Crippen LogP contribution >= 0.6 is 11.8 Å². The zero-order valence-corrected chi connectivity index (χ0v) is 17.1. The van der Waals surface area contributed by atoms with E-state index >= 15 is 0 Å². The van der Waals surface area contributed by atoms with Crippen LogP contribution in [0.3, 0.4) is 0 Å². The highest BCUT2D eigenvalue weighted by Crippen LogP contribution is 2.36.